The lowest BCUT2D eigenvalue weighted by atomic mass is 10.1. The minimum Gasteiger partial charge on any atom is -0.460 e. The first-order valence-electron chi connectivity index (χ1n) is 9.42. The van der Waals surface area contributed by atoms with Crippen molar-refractivity contribution >= 4 is 11.9 Å². The van der Waals surface area contributed by atoms with Gasteiger partial charge in [-0.2, -0.15) is 0 Å². The van der Waals surface area contributed by atoms with Crippen molar-refractivity contribution in [1.82, 2.24) is 10.4 Å². The zero-order valence-electron chi connectivity index (χ0n) is 16.6. The molecule has 0 aliphatic heterocycles. The minimum atomic E-state index is -0.397. The topological polar surface area (TPSA) is 58.6 Å². The lowest BCUT2D eigenvalue weighted by molar-refractivity contribution is -0.154. The van der Waals surface area contributed by atoms with Crippen LogP contribution in [0.2, 0.25) is 0 Å². The van der Waals surface area contributed by atoms with Gasteiger partial charge in [-0.05, 0) is 47.0 Å². The smallest absolute Gasteiger partial charge is 0.306 e. The van der Waals surface area contributed by atoms with Crippen LogP contribution in [0.3, 0.4) is 0 Å². The third-order valence-electron chi connectivity index (χ3n) is 3.85. The van der Waals surface area contributed by atoms with Crippen molar-refractivity contribution in [2.75, 3.05) is 7.05 Å². The van der Waals surface area contributed by atoms with Crippen LogP contribution in [0.15, 0.2) is 0 Å². The molecule has 24 heavy (non-hydrogen) atoms. The molecule has 1 unspecified atom stereocenters. The molecular formula is C19H38N2O3. The van der Waals surface area contributed by atoms with Crippen LogP contribution >= 0.6 is 0 Å². The van der Waals surface area contributed by atoms with E-state index in [4.69, 9.17) is 4.74 Å². The van der Waals surface area contributed by atoms with Gasteiger partial charge in [0, 0.05) is 25.9 Å². The number of nitrogens with zero attached hydrogens (tertiary/aromatic N) is 1. The monoisotopic (exact) mass is 342 g/mol. The summed E-state index contributed by atoms with van der Waals surface area (Å²) in [6, 6.07) is 0.237. The maximum atomic E-state index is 12.2. The number of hydrazine groups is 1. The van der Waals surface area contributed by atoms with Gasteiger partial charge in [-0.1, -0.05) is 32.6 Å². The van der Waals surface area contributed by atoms with Crippen molar-refractivity contribution in [1.29, 1.82) is 0 Å². The first-order chi connectivity index (χ1) is 11.2. The number of unbranched alkanes of at least 4 members (excludes halogenated alkanes) is 4. The average Bonchev–Trinajstić information content (AvgIpc) is 2.45. The fourth-order valence-electron chi connectivity index (χ4n) is 2.73. The highest BCUT2D eigenvalue weighted by Gasteiger charge is 2.17. The molecule has 1 N–H and O–H groups in total. The summed E-state index contributed by atoms with van der Waals surface area (Å²) in [5.74, 6) is 0.0551. The van der Waals surface area contributed by atoms with Crippen molar-refractivity contribution < 1.29 is 14.3 Å². The third-order valence-corrected chi connectivity index (χ3v) is 3.85. The van der Waals surface area contributed by atoms with Gasteiger partial charge in [0.05, 0.1) is 0 Å². The molecule has 0 aromatic heterocycles. The fraction of sp³-hybridized carbons (Fsp3) is 0.895. The zero-order valence-corrected chi connectivity index (χ0v) is 16.6. The number of ether oxygens (including phenoxy) is 1. The van der Waals surface area contributed by atoms with Crippen LogP contribution in [0.25, 0.3) is 0 Å². The Balaban J connectivity index is 3.75. The third kappa shape index (κ3) is 11.4. The predicted octanol–water partition coefficient (Wildman–Crippen LogP) is 4.21. The van der Waals surface area contributed by atoms with Gasteiger partial charge in [-0.15, -0.1) is 0 Å². The van der Waals surface area contributed by atoms with E-state index in [9.17, 15) is 9.59 Å². The number of esters is 1. The Morgan fingerprint density at radius 1 is 1.04 bits per heavy atom. The van der Waals surface area contributed by atoms with Gasteiger partial charge in [0.1, 0.15) is 5.60 Å². The number of carbonyl (C=O) groups is 2. The van der Waals surface area contributed by atoms with E-state index in [1.165, 1.54) is 0 Å². The lowest BCUT2D eigenvalue weighted by Crippen LogP contribution is -2.46. The average molecular weight is 343 g/mol. The Hall–Kier alpha value is -1.10. The van der Waals surface area contributed by atoms with Crippen LogP contribution in [0, 0.1) is 0 Å². The van der Waals surface area contributed by atoms with Crippen molar-refractivity contribution in [3.8, 4) is 0 Å². The van der Waals surface area contributed by atoms with Crippen LogP contribution < -0.4 is 5.43 Å². The van der Waals surface area contributed by atoms with Gasteiger partial charge in [-0.25, -0.2) is 5.43 Å². The maximum Gasteiger partial charge on any atom is 0.306 e. The van der Waals surface area contributed by atoms with Crippen molar-refractivity contribution in [2.45, 2.75) is 104 Å². The van der Waals surface area contributed by atoms with Crippen molar-refractivity contribution in [3.63, 3.8) is 0 Å². The number of hydrogen-bond donors (Lipinski definition) is 1. The quantitative estimate of drug-likeness (QED) is 0.328. The molecule has 0 bridgehead atoms. The molecule has 0 saturated carbocycles. The summed E-state index contributed by atoms with van der Waals surface area (Å²) >= 11 is 0. The molecule has 5 nitrogen and oxygen atoms in total. The molecule has 0 heterocycles. The number of amides is 1. The highest BCUT2D eigenvalue weighted by atomic mass is 16.6. The molecule has 0 radical (unpaired) electrons. The van der Waals surface area contributed by atoms with E-state index in [0.29, 0.717) is 12.8 Å². The highest BCUT2D eigenvalue weighted by molar-refractivity contribution is 5.75. The molecule has 0 aromatic carbocycles. The van der Waals surface area contributed by atoms with Gasteiger partial charge in [0.25, 0.3) is 0 Å². The van der Waals surface area contributed by atoms with Crippen LogP contribution in [0.1, 0.15) is 92.4 Å². The largest absolute Gasteiger partial charge is 0.460 e. The van der Waals surface area contributed by atoms with E-state index in [-0.39, 0.29) is 17.9 Å². The second-order valence-corrected chi connectivity index (χ2v) is 7.48. The maximum absolute atomic E-state index is 12.2. The Morgan fingerprint density at radius 2 is 1.58 bits per heavy atom. The Bertz CT molecular complexity index is 364. The summed E-state index contributed by atoms with van der Waals surface area (Å²) in [5, 5.41) is 1.76. The Morgan fingerprint density at radius 3 is 2.08 bits per heavy atom. The van der Waals surface area contributed by atoms with Crippen molar-refractivity contribution in [2.24, 2.45) is 0 Å². The predicted molar refractivity (Wildman–Crippen MR) is 98.4 cm³/mol. The minimum absolute atomic E-state index is 0.118. The molecule has 5 heteroatoms. The molecule has 0 saturated heterocycles. The van der Waals surface area contributed by atoms with Gasteiger partial charge < -0.3 is 4.74 Å². The first kappa shape index (κ1) is 22.9. The first-order valence-corrected chi connectivity index (χ1v) is 9.42. The van der Waals surface area contributed by atoms with Crippen LogP contribution in [0.4, 0.5) is 0 Å². The molecule has 142 valence electrons. The van der Waals surface area contributed by atoms with Gasteiger partial charge in [0.2, 0.25) is 5.91 Å². The standard InChI is InChI=1S/C19H38N2O3/c1-7-13-16(2)21(20-6)17(22)14-11-9-8-10-12-15-18(23)24-19(3,4)5/h16,20H,7-15H2,1-6H3. The number of rotatable bonds is 12. The van der Waals surface area contributed by atoms with E-state index in [2.05, 4.69) is 19.3 Å². The SMILES string of the molecule is CCCC(C)N(NC)C(=O)CCCCCCCC(=O)OC(C)(C)C. The second-order valence-electron chi connectivity index (χ2n) is 7.48. The highest BCUT2D eigenvalue weighted by Crippen LogP contribution is 2.13. The lowest BCUT2D eigenvalue weighted by Gasteiger charge is -2.28. The molecule has 0 aromatic rings. The summed E-state index contributed by atoms with van der Waals surface area (Å²) in [6.07, 6.45) is 8.01. The summed E-state index contributed by atoms with van der Waals surface area (Å²) in [4.78, 5) is 23.8. The molecule has 1 amide bonds. The molecule has 0 aliphatic rings. The van der Waals surface area contributed by atoms with Crippen LogP contribution in [-0.4, -0.2) is 35.6 Å². The van der Waals surface area contributed by atoms with Crippen molar-refractivity contribution in [3.05, 3.63) is 0 Å². The summed E-state index contributed by atoms with van der Waals surface area (Å²) in [5.41, 5.74) is 2.61. The molecule has 0 fully saturated rings. The fourth-order valence-corrected chi connectivity index (χ4v) is 2.73. The molecular weight excluding hydrogens is 304 g/mol. The molecule has 0 spiro atoms. The van der Waals surface area contributed by atoms with Gasteiger partial charge >= 0.3 is 5.97 Å². The Kier molecular flexibility index (Phi) is 11.7. The van der Waals surface area contributed by atoms with E-state index >= 15 is 0 Å². The summed E-state index contributed by atoms with van der Waals surface area (Å²) < 4.78 is 5.28. The molecule has 0 rings (SSSR count). The molecule has 0 aliphatic carbocycles. The zero-order chi connectivity index (χ0) is 18.6. The van der Waals surface area contributed by atoms with E-state index in [1.54, 1.807) is 12.1 Å². The second kappa shape index (κ2) is 12.3. The number of hydrogen-bond acceptors (Lipinski definition) is 4. The summed E-state index contributed by atoms with van der Waals surface area (Å²) in [7, 11) is 1.81. The van der Waals surface area contributed by atoms with E-state index in [0.717, 1.165) is 44.9 Å². The van der Waals surface area contributed by atoms with Crippen LogP contribution in [-0.2, 0) is 14.3 Å². The summed E-state index contributed by atoms with van der Waals surface area (Å²) in [6.45, 7) is 9.87. The van der Waals surface area contributed by atoms with Gasteiger partial charge in [0.15, 0.2) is 0 Å². The Labute approximate surface area is 148 Å². The van der Waals surface area contributed by atoms with E-state index in [1.807, 2.05) is 20.8 Å². The van der Waals surface area contributed by atoms with E-state index < -0.39 is 5.60 Å². The van der Waals surface area contributed by atoms with Gasteiger partial charge in [-0.3, -0.25) is 14.6 Å². The normalized spacial score (nSPS) is 12.8. The number of carbonyl (C=O) groups excluding carboxylic acids is 2. The van der Waals surface area contributed by atoms with Crippen LogP contribution in [0.5, 0.6) is 0 Å². The number of nitrogens with one attached hydrogen (secondary N) is 1. The molecule has 1 atom stereocenters.